The van der Waals surface area contributed by atoms with Crippen LogP contribution in [0.15, 0.2) is 30.3 Å². The number of fused-ring (bicyclic) bond motifs is 1. The molecule has 6 atom stereocenters. The monoisotopic (exact) mass is 512 g/mol. The smallest absolute Gasteiger partial charge is 0.306 e. The third-order valence-electron chi connectivity index (χ3n) is 6.46. The van der Waals surface area contributed by atoms with Crippen LogP contribution in [0.2, 0.25) is 0 Å². The lowest BCUT2D eigenvalue weighted by molar-refractivity contribution is -0.358. The minimum Gasteiger partial charge on any atom is -0.456 e. The molecule has 0 aliphatic carbocycles. The van der Waals surface area contributed by atoms with Crippen LogP contribution in [0.5, 0.6) is 0 Å². The number of aliphatic hydroxyl groups is 1. The summed E-state index contributed by atoms with van der Waals surface area (Å²) in [6.07, 6.45) is 4.72. The standard InChI is InChI=1S/C30H40O7/c1-3-4-5-6-7-8-9-10-11-12-13-14-18-21-25(31)36-28-26(32)30(33-2)35-24-22-34-29(37-27(24)28)23-19-16-15-17-20-23/h15-17,19-20,24,26-30,32H,3-9,14,18,21-22H2,1-2H3/t24-,26-,27-,28-,29-,30+/m1/s1. The van der Waals surface area contributed by atoms with Gasteiger partial charge in [0.15, 0.2) is 18.7 Å². The number of hydrogen-bond donors (Lipinski definition) is 1. The molecule has 202 valence electrons. The summed E-state index contributed by atoms with van der Waals surface area (Å²) in [4.78, 5) is 12.6. The number of methoxy groups -OCH3 is 1. The molecule has 1 aromatic carbocycles. The van der Waals surface area contributed by atoms with E-state index in [-0.39, 0.29) is 13.0 Å². The van der Waals surface area contributed by atoms with Crippen LogP contribution in [0.1, 0.15) is 83.0 Å². The van der Waals surface area contributed by atoms with Gasteiger partial charge in [-0.3, -0.25) is 4.79 Å². The second-order valence-corrected chi connectivity index (χ2v) is 9.38. The molecule has 37 heavy (non-hydrogen) atoms. The van der Waals surface area contributed by atoms with E-state index >= 15 is 0 Å². The van der Waals surface area contributed by atoms with Crippen molar-refractivity contribution in [2.75, 3.05) is 13.7 Å². The molecule has 7 nitrogen and oxygen atoms in total. The van der Waals surface area contributed by atoms with Crippen LogP contribution in [0, 0.1) is 23.7 Å². The molecule has 0 radical (unpaired) electrons. The van der Waals surface area contributed by atoms with Gasteiger partial charge in [0.05, 0.1) is 6.61 Å². The van der Waals surface area contributed by atoms with Gasteiger partial charge in [0, 0.05) is 31.9 Å². The fraction of sp³-hybridized carbons (Fsp3) is 0.633. The average molecular weight is 513 g/mol. The predicted molar refractivity (Wildman–Crippen MR) is 139 cm³/mol. The highest BCUT2D eigenvalue weighted by molar-refractivity contribution is 5.69. The zero-order valence-electron chi connectivity index (χ0n) is 22.0. The molecule has 2 fully saturated rings. The third kappa shape index (κ3) is 9.45. The van der Waals surface area contributed by atoms with Crippen LogP contribution in [-0.2, 0) is 28.5 Å². The Morgan fingerprint density at radius 1 is 1.00 bits per heavy atom. The number of hydrogen-bond acceptors (Lipinski definition) is 7. The lowest BCUT2D eigenvalue weighted by Gasteiger charge is -2.47. The Morgan fingerprint density at radius 3 is 2.43 bits per heavy atom. The Balaban J connectivity index is 1.43. The topological polar surface area (TPSA) is 83.5 Å². The molecule has 2 saturated heterocycles. The maximum absolute atomic E-state index is 12.6. The number of carbonyl (C=O) groups excluding carboxylic acids is 1. The minimum atomic E-state index is -1.19. The second kappa shape index (κ2) is 16.5. The molecule has 0 amide bonds. The van der Waals surface area contributed by atoms with Gasteiger partial charge in [0.2, 0.25) is 0 Å². The van der Waals surface area contributed by atoms with Crippen molar-refractivity contribution in [2.45, 2.75) is 108 Å². The zero-order chi connectivity index (χ0) is 26.3. The van der Waals surface area contributed by atoms with E-state index in [9.17, 15) is 9.90 Å². The molecule has 1 aromatic rings. The molecule has 0 bridgehead atoms. The van der Waals surface area contributed by atoms with E-state index in [4.69, 9.17) is 23.7 Å². The van der Waals surface area contributed by atoms with E-state index in [1.165, 1.54) is 39.2 Å². The van der Waals surface area contributed by atoms with Crippen LogP contribution in [0.25, 0.3) is 0 Å². The van der Waals surface area contributed by atoms with Crippen LogP contribution in [-0.4, -0.2) is 55.5 Å². The summed E-state index contributed by atoms with van der Waals surface area (Å²) >= 11 is 0. The Labute approximate surface area is 221 Å². The molecule has 1 N–H and O–H groups in total. The highest BCUT2D eigenvalue weighted by Crippen LogP contribution is 2.35. The first-order valence-corrected chi connectivity index (χ1v) is 13.5. The van der Waals surface area contributed by atoms with Gasteiger partial charge in [-0.15, -0.1) is 0 Å². The summed E-state index contributed by atoms with van der Waals surface area (Å²) in [5, 5.41) is 10.8. The Morgan fingerprint density at radius 2 is 1.70 bits per heavy atom. The van der Waals surface area contributed by atoms with Crippen molar-refractivity contribution in [3.05, 3.63) is 35.9 Å². The van der Waals surface area contributed by atoms with Crippen LogP contribution >= 0.6 is 0 Å². The van der Waals surface area contributed by atoms with Gasteiger partial charge in [-0.2, -0.15) is 0 Å². The van der Waals surface area contributed by atoms with Crippen molar-refractivity contribution < 1.29 is 33.6 Å². The number of unbranched alkanes of at least 4 members (excludes halogenated alkanes) is 7. The molecule has 2 heterocycles. The molecule has 0 spiro atoms. The first-order chi connectivity index (χ1) is 18.1. The van der Waals surface area contributed by atoms with Gasteiger partial charge >= 0.3 is 5.97 Å². The maximum atomic E-state index is 12.6. The Hall–Kier alpha value is -2.39. The largest absolute Gasteiger partial charge is 0.456 e. The minimum absolute atomic E-state index is 0.178. The molecule has 0 unspecified atom stereocenters. The normalized spacial score (nSPS) is 26.7. The lowest BCUT2D eigenvalue weighted by Crippen LogP contribution is -2.63. The number of benzene rings is 1. The second-order valence-electron chi connectivity index (χ2n) is 9.38. The summed E-state index contributed by atoms with van der Waals surface area (Å²) in [6, 6.07) is 9.48. The molecule has 0 saturated carbocycles. The molecule has 2 aliphatic heterocycles. The summed E-state index contributed by atoms with van der Waals surface area (Å²) in [6.45, 7) is 2.44. The van der Waals surface area contributed by atoms with Crippen LogP contribution in [0.3, 0.4) is 0 Å². The fourth-order valence-corrected chi connectivity index (χ4v) is 4.41. The van der Waals surface area contributed by atoms with Crippen molar-refractivity contribution >= 4 is 5.97 Å². The summed E-state index contributed by atoms with van der Waals surface area (Å²) in [5.41, 5.74) is 0.836. The molecule has 3 rings (SSSR count). The van der Waals surface area contributed by atoms with E-state index in [2.05, 4.69) is 30.6 Å². The summed E-state index contributed by atoms with van der Waals surface area (Å²) in [5.74, 6) is 11.4. The van der Waals surface area contributed by atoms with Gasteiger partial charge in [-0.25, -0.2) is 0 Å². The molecular weight excluding hydrogens is 472 g/mol. The number of ether oxygens (including phenoxy) is 5. The van der Waals surface area contributed by atoms with Gasteiger partial charge in [0.1, 0.15) is 18.3 Å². The maximum Gasteiger partial charge on any atom is 0.306 e. The van der Waals surface area contributed by atoms with Gasteiger partial charge < -0.3 is 28.8 Å². The molecule has 2 aliphatic rings. The van der Waals surface area contributed by atoms with E-state index in [0.29, 0.717) is 12.8 Å². The number of aliphatic hydroxyl groups excluding tert-OH is 1. The van der Waals surface area contributed by atoms with Crippen molar-refractivity contribution in [1.82, 2.24) is 0 Å². The third-order valence-corrected chi connectivity index (χ3v) is 6.46. The predicted octanol–water partition coefficient (Wildman–Crippen LogP) is 4.67. The fourth-order valence-electron chi connectivity index (χ4n) is 4.41. The number of esters is 1. The van der Waals surface area contributed by atoms with Gasteiger partial charge in [-0.1, -0.05) is 81.2 Å². The molecule has 7 heteroatoms. The van der Waals surface area contributed by atoms with Gasteiger partial charge in [-0.05, 0) is 24.7 Å². The number of rotatable bonds is 12. The first kappa shape index (κ1) is 29.2. The SMILES string of the molecule is CCCCCCCCC#CC#CCCCC(=O)O[C@@H]1[C@@H](O)[C@@H](OC)O[C@@H]2CO[C@@H](c3ccccc3)O[C@@H]12. The van der Waals surface area contributed by atoms with E-state index in [1.807, 2.05) is 30.3 Å². The van der Waals surface area contributed by atoms with E-state index in [1.54, 1.807) is 0 Å². The number of carbonyl (C=O) groups is 1. The van der Waals surface area contributed by atoms with Crippen molar-refractivity contribution in [1.29, 1.82) is 0 Å². The average Bonchev–Trinajstić information content (AvgIpc) is 2.93. The zero-order valence-corrected chi connectivity index (χ0v) is 22.0. The summed E-state index contributed by atoms with van der Waals surface area (Å²) < 4.78 is 28.6. The Kier molecular flexibility index (Phi) is 13.0. The quantitative estimate of drug-likeness (QED) is 0.247. The van der Waals surface area contributed by atoms with Gasteiger partial charge in [0.25, 0.3) is 0 Å². The Bertz CT molecular complexity index is 926. The van der Waals surface area contributed by atoms with Crippen LogP contribution in [0.4, 0.5) is 0 Å². The van der Waals surface area contributed by atoms with Crippen molar-refractivity contribution in [3.63, 3.8) is 0 Å². The van der Waals surface area contributed by atoms with Crippen molar-refractivity contribution in [3.8, 4) is 23.7 Å². The van der Waals surface area contributed by atoms with Crippen molar-refractivity contribution in [2.24, 2.45) is 0 Å². The molecule has 0 aromatic heterocycles. The highest BCUT2D eigenvalue weighted by Gasteiger charge is 2.51. The summed E-state index contributed by atoms with van der Waals surface area (Å²) in [7, 11) is 1.43. The van der Waals surface area contributed by atoms with E-state index in [0.717, 1.165) is 18.4 Å². The first-order valence-electron chi connectivity index (χ1n) is 13.5. The lowest BCUT2D eigenvalue weighted by atomic mass is 9.97. The highest BCUT2D eigenvalue weighted by atomic mass is 16.8. The van der Waals surface area contributed by atoms with E-state index < -0.39 is 43.0 Å². The van der Waals surface area contributed by atoms with Crippen LogP contribution < -0.4 is 0 Å². The molecular formula is C30H40O7.